The lowest BCUT2D eigenvalue weighted by Gasteiger charge is -2.27. The number of carbonyl (C=O) groups is 1. The molecule has 0 radical (unpaired) electrons. The number of alkyl halides is 3. The number of carboxylic acids is 1. The highest BCUT2D eigenvalue weighted by molar-refractivity contribution is 5.77. The number of aromatic nitrogens is 4. The summed E-state index contributed by atoms with van der Waals surface area (Å²) < 4.78 is 40.6. The molecule has 0 aliphatic heterocycles. The molecular formula is C23H22F3N5O2. The van der Waals surface area contributed by atoms with Gasteiger partial charge in [0.2, 0.25) is 5.95 Å². The molecule has 4 rings (SSSR count). The molecule has 33 heavy (non-hydrogen) atoms. The second-order valence-electron chi connectivity index (χ2n) is 8.41. The topological polar surface area (TPSA) is 92.9 Å². The number of halogens is 3. The Labute approximate surface area is 188 Å². The summed E-state index contributed by atoms with van der Waals surface area (Å²) in [5.41, 5.74) is 2.16. The van der Waals surface area contributed by atoms with E-state index in [1.807, 2.05) is 29.8 Å². The summed E-state index contributed by atoms with van der Waals surface area (Å²) in [4.78, 5) is 23.3. The maximum Gasteiger partial charge on any atom is 0.433 e. The predicted octanol–water partition coefficient (Wildman–Crippen LogP) is 5.39. The van der Waals surface area contributed by atoms with Crippen LogP contribution in [-0.2, 0) is 11.0 Å². The predicted molar refractivity (Wildman–Crippen MR) is 116 cm³/mol. The number of allylic oxidation sites excluding steroid dienone is 2. The fourth-order valence-electron chi connectivity index (χ4n) is 3.71. The van der Waals surface area contributed by atoms with Crippen LogP contribution in [0.2, 0.25) is 0 Å². The lowest BCUT2D eigenvalue weighted by atomic mass is 9.76. The number of aryl methyl sites for hydroxylation is 1. The first-order valence-corrected chi connectivity index (χ1v) is 10.3. The molecule has 0 amide bonds. The highest BCUT2D eigenvalue weighted by atomic mass is 19.4. The van der Waals surface area contributed by atoms with Crippen LogP contribution >= 0.6 is 0 Å². The van der Waals surface area contributed by atoms with Crippen LogP contribution in [0.4, 0.5) is 24.8 Å². The highest BCUT2D eigenvalue weighted by Crippen LogP contribution is 2.38. The largest absolute Gasteiger partial charge is 0.481 e. The summed E-state index contributed by atoms with van der Waals surface area (Å²) in [6, 6.07) is 6.28. The zero-order valence-electron chi connectivity index (χ0n) is 18.0. The van der Waals surface area contributed by atoms with Crippen molar-refractivity contribution in [2.75, 3.05) is 5.32 Å². The number of hydrogen-bond acceptors (Lipinski definition) is 5. The van der Waals surface area contributed by atoms with Crippen LogP contribution in [0.25, 0.3) is 11.3 Å². The van der Waals surface area contributed by atoms with Gasteiger partial charge in [-0.15, -0.1) is 0 Å². The van der Waals surface area contributed by atoms with Crippen molar-refractivity contribution in [3.8, 4) is 5.69 Å². The van der Waals surface area contributed by atoms with Gasteiger partial charge in [-0.25, -0.2) is 15.0 Å². The van der Waals surface area contributed by atoms with E-state index in [0.29, 0.717) is 24.9 Å². The Bertz CT molecular complexity index is 1230. The smallest absolute Gasteiger partial charge is 0.433 e. The molecule has 172 valence electrons. The molecule has 2 N–H and O–H groups in total. The Morgan fingerprint density at radius 2 is 2.03 bits per heavy atom. The molecule has 0 spiro atoms. The van der Waals surface area contributed by atoms with Crippen molar-refractivity contribution in [3.05, 3.63) is 66.0 Å². The minimum Gasteiger partial charge on any atom is -0.481 e. The van der Waals surface area contributed by atoms with E-state index in [9.17, 15) is 23.1 Å². The summed E-state index contributed by atoms with van der Waals surface area (Å²) in [5, 5.41) is 12.2. The minimum atomic E-state index is -4.56. The van der Waals surface area contributed by atoms with Gasteiger partial charge in [0.25, 0.3) is 0 Å². The van der Waals surface area contributed by atoms with Gasteiger partial charge in [-0.2, -0.15) is 13.2 Å². The van der Waals surface area contributed by atoms with Crippen molar-refractivity contribution < 1.29 is 23.1 Å². The van der Waals surface area contributed by atoms with Crippen molar-refractivity contribution in [1.29, 1.82) is 0 Å². The Hall–Kier alpha value is -3.69. The minimum absolute atomic E-state index is 0.151. The van der Waals surface area contributed by atoms with E-state index >= 15 is 0 Å². The van der Waals surface area contributed by atoms with Crippen LogP contribution in [0.5, 0.6) is 0 Å². The van der Waals surface area contributed by atoms with Gasteiger partial charge in [-0.1, -0.05) is 6.08 Å². The average molecular weight is 457 g/mol. The van der Waals surface area contributed by atoms with Gasteiger partial charge < -0.3 is 15.0 Å². The molecule has 0 fully saturated rings. The van der Waals surface area contributed by atoms with Gasteiger partial charge in [-0.3, -0.25) is 4.79 Å². The third kappa shape index (κ3) is 4.89. The van der Waals surface area contributed by atoms with Gasteiger partial charge in [0.1, 0.15) is 5.69 Å². The standard InChI is InChI=1S/C23H22F3N5O2/c1-14-9-16(29-21-27-8-5-19(30-21)23(24,25)26)11-17(10-14)31-12-18(28-13-31)15-3-6-22(2,7-4-15)20(32)33/h3,5,8-13H,4,6-7H2,1-2H3,(H,32,33)(H,27,29,30). The van der Waals surface area contributed by atoms with Gasteiger partial charge in [0.05, 0.1) is 17.4 Å². The number of carboxylic acid groups (broad SMARTS) is 1. The van der Waals surface area contributed by atoms with E-state index in [1.54, 1.807) is 25.4 Å². The first kappa shape index (κ1) is 22.5. The summed E-state index contributed by atoms with van der Waals surface area (Å²) >= 11 is 0. The van der Waals surface area contributed by atoms with E-state index < -0.39 is 23.3 Å². The van der Waals surface area contributed by atoms with Gasteiger partial charge in [0.15, 0.2) is 0 Å². The molecule has 2 aromatic heterocycles. The number of benzene rings is 1. The molecular weight excluding hydrogens is 435 g/mol. The number of anilines is 2. The summed E-state index contributed by atoms with van der Waals surface area (Å²) in [6.45, 7) is 3.62. The van der Waals surface area contributed by atoms with Crippen molar-refractivity contribution in [2.45, 2.75) is 39.3 Å². The Morgan fingerprint density at radius 1 is 1.24 bits per heavy atom. The molecule has 1 aliphatic rings. The first-order chi connectivity index (χ1) is 15.5. The van der Waals surface area contributed by atoms with Crippen LogP contribution in [0.3, 0.4) is 0 Å². The number of nitrogens with one attached hydrogen (secondary N) is 1. The molecule has 0 saturated heterocycles. The molecule has 1 aliphatic carbocycles. The van der Waals surface area contributed by atoms with Gasteiger partial charge in [0, 0.05) is 23.8 Å². The van der Waals surface area contributed by atoms with E-state index in [1.165, 1.54) is 0 Å². The van der Waals surface area contributed by atoms with Crippen LogP contribution in [-0.4, -0.2) is 30.6 Å². The fourth-order valence-corrected chi connectivity index (χ4v) is 3.71. The molecule has 1 aromatic carbocycles. The zero-order chi connectivity index (χ0) is 23.8. The lowest BCUT2D eigenvalue weighted by Crippen LogP contribution is -2.28. The van der Waals surface area contributed by atoms with E-state index in [-0.39, 0.29) is 5.95 Å². The van der Waals surface area contributed by atoms with Crippen molar-refractivity contribution >= 4 is 23.2 Å². The number of hydrogen-bond donors (Lipinski definition) is 2. The SMILES string of the molecule is Cc1cc(Nc2nccc(C(F)(F)F)n2)cc(-n2cnc(C3=CCC(C)(C(=O)O)CC3)c2)c1. The molecule has 7 nitrogen and oxygen atoms in total. The number of imidazole rings is 1. The van der Waals surface area contributed by atoms with E-state index in [4.69, 9.17) is 0 Å². The third-order valence-electron chi connectivity index (χ3n) is 5.74. The summed E-state index contributed by atoms with van der Waals surface area (Å²) in [7, 11) is 0. The second-order valence-corrected chi connectivity index (χ2v) is 8.41. The Balaban J connectivity index is 1.57. The van der Waals surface area contributed by atoms with Crippen LogP contribution in [0.1, 0.15) is 43.1 Å². The van der Waals surface area contributed by atoms with Gasteiger partial charge in [-0.05, 0) is 68.5 Å². The normalized spacial score (nSPS) is 18.6. The van der Waals surface area contributed by atoms with Crippen molar-refractivity contribution in [3.63, 3.8) is 0 Å². The van der Waals surface area contributed by atoms with Crippen molar-refractivity contribution in [2.24, 2.45) is 5.41 Å². The Morgan fingerprint density at radius 3 is 2.70 bits per heavy atom. The average Bonchev–Trinajstić information content (AvgIpc) is 3.24. The first-order valence-electron chi connectivity index (χ1n) is 10.3. The molecule has 0 bridgehead atoms. The molecule has 1 unspecified atom stereocenters. The number of rotatable bonds is 5. The maximum atomic E-state index is 12.9. The third-order valence-corrected chi connectivity index (χ3v) is 5.74. The number of aliphatic carboxylic acids is 1. The van der Waals surface area contributed by atoms with E-state index in [0.717, 1.165) is 34.8 Å². The molecule has 3 aromatic rings. The lowest BCUT2D eigenvalue weighted by molar-refractivity contribution is -0.148. The van der Waals surface area contributed by atoms with Crippen LogP contribution in [0, 0.1) is 12.3 Å². The zero-order valence-corrected chi connectivity index (χ0v) is 18.0. The number of nitrogens with zero attached hydrogens (tertiary/aromatic N) is 4. The van der Waals surface area contributed by atoms with Gasteiger partial charge >= 0.3 is 12.1 Å². The van der Waals surface area contributed by atoms with E-state index in [2.05, 4.69) is 20.3 Å². The maximum absolute atomic E-state index is 12.9. The molecule has 2 heterocycles. The monoisotopic (exact) mass is 457 g/mol. The summed E-state index contributed by atoms with van der Waals surface area (Å²) in [5.74, 6) is -0.950. The van der Waals surface area contributed by atoms with Crippen molar-refractivity contribution in [1.82, 2.24) is 19.5 Å². The quantitative estimate of drug-likeness (QED) is 0.534. The second kappa shape index (κ2) is 8.34. The van der Waals surface area contributed by atoms with Crippen LogP contribution in [0.15, 0.2) is 49.1 Å². The Kier molecular flexibility index (Phi) is 5.69. The summed E-state index contributed by atoms with van der Waals surface area (Å²) in [6.07, 6.45) is 3.54. The molecule has 0 saturated carbocycles. The fraction of sp³-hybridized carbons (Fsp3) is 0.304. The molecule has 10 heteroatoms. The molecule has 1 atom stereocenters. The van der Waals surface area contributed by atoms with Crippen LogP contribution < -0.4 is 5.32 Å². The highest BCUT2D eigenvalue weighted by Gasteiger charge is 2.35.